The number of para-hydroxylation sites is 1. The Balaban J connectivity index is 1.60. The molecule has 0 aliphatic carbocycles. The van der Waals surface area contributed by atoms with Crippen molar-refractivity contribution < 1.29 is 13.2 Å². The molecule has 0 radical (unpaired) electrons. The van der Waals surface area contributed by atoms with Crippen LogP contribution in [0.4, 0.5) is 0 Å². The van der Waals surface area contributed by atoms with Crippen molar-refractivity contribution in [2.24, 2.45) is 0 Å². The van der Waals surface area contributed by atoms with Crippen molar-refractivity contribution in [3.05, 3.63) is 76.1 Å². The highest BCUT2D eigenvalue weighted by molar-refractivity contribution is 7.89. The molecular weight excluding hydrogens is 460 g/mol. The normalized spacial score (nSPS) is 14.5. The van der Waals surface area contributed by atoms with Crippen LogP contribution in [0, 0.1) is 13.8 Å². The van der Waals surface area contributed by atoms with Crippen LogP contribution in [0.5, 0.6) is 0 Å². The third-order valence-electron chi connectivity index (χ3n) is 6.05. The summed E-state index contributed by atoms with van der Waals surface area (Å²) < 4.78 is 29.2. The Labute approximate surface area is 199 Å². The summed E-state index contributed by atoms with van der Waals surface area (Å²) in [7, 11) is -1.97. The van der Waals surface area contributed by atoms with Gasteiger partial charge in [0.25, 0.3) is 5.91 Å². The van der Waals surface area contributed by atoms with Gasteiger partial charge in [-0.05, 0) is 57.0 Å². The Morgan fingerprint density at radius 1 is 1.09 bits per heavy atom. The molecule has 1 aliphatic rings. The molecule has 0 unspecified atom stereocenters. The van der Waals surface area contributed by atoms with Crippen LogP contribution in [0.15, 0.2) is 53.4 Å². The average Bonchev–Trinajstić information content (AvgIpc) is 3.44. The van der Waals surface area contributed by atoms with Gasteiger partial charge in [0.15, 0.2) is 0 Å². The Hall–Kier alpha value is -2.68. The molecule has 0 N–H and O–H groups in total. The number of hydrogen-bond donors (Lipinski definition) is 0. The Morgan fingerprint density at radius 3 is 2.42 bits per heavy atom. The zero-order chi connectivity index (χ0) is 23.8. The fourth-order valence-corrected chi connectivity index (χ4v) is 5.89. The van der Waals surface area contributed by atoms with Crippen LogP contribution < -0.4 is 0 Å². The first kappa shape index (κ1) is 23.5. The third-order valence-corrected chi connectivity index (χ3v) is 8.28. The second-order valence-corrected chi connectivity index (χ2v) is 10.7. The predicted octanol–water partition coefficient (Wildman–Crippen LogP) is 4.20. The smallest absolute Gasteiger partial charge is 0.255 e. The molecule has 2 aromatic carbocycles. The van der Waals surface area contributed by atoms with Crippen LogP contribution in [0.3, 0.4) is 0 Å². The zero-order valence-corrected chi connectivity index (χ0v) is 20.5. The van der Waals surface area contributed by atoms with Crippen molar-refractivity contribution >= 4 is 27.5 Å². The van der Waals surface area contributed by atoms with Crippen LogP contribution in [0.1, 0.15) is 40.2 Å². The Kier molecular flexibility index (Phi) is 6.61. The van der Waals surface area contributed by atoms with Crippen LogP contribution in [-0.2, 0) is 16.6 Å². The number of carbonyl (C=O) groups excluding carboxylic acids is 1. The molecule has 0 atom stereocenters. The minimum absolute atomic E-state index is 0.0924. The first-order valence-corrected chi connectivity index (χ1v) is 12.7. The lowest BCUT2D eigenvalue weighted by atomic mass is 10.1. The Morgan fingerprint density at radius 2 is 1.76 bits per heavy atom. The maximum absolute atomic E-state index is 13.3. The molecule has 0 bridgehead atoms. The number of hydrogen-bond acceptors (Lipinski definition) is 4. The van der Waals surface area contributed by atoms with Crippen LogP contribution in [-0.4, -0.2) is 53.4 Å². The standard InChI is InChI=1S/C24H27ClN4O3S/c1-17-22(18(2)29(26-17)19-9-5-4-6-10-19)16-27(3)24(30)21-15-20(11-12-23(21)25)33(31,32)28-13-7-8-14-28/h4-6,9-12,15H,7-8,13-14,16H2,1-3H3. The monoisotopic (exact) mass is 486 g/mol. The lowest BCUT2D eigenvalue weighted by Gasteiger charge is -2.20. The summed E-state index contributed by atoms with van der Waals surface area (Å²) in [5.74, 6) is -0.343. The van der Waals surface area contributed by atoms with Crippen LogP contribution in [0.25, 0.3) is 5.69 Å². The molecule has 1 aromatic heterocycles. The number of aryl methyl sites for hydroxylation is 1. The van der Waals surface area contributed by atoms with E-state index in [4.69, 9.17) is 11.6 Å². The van der Waals surface area contributed by atoms with E-state index in [2.05, 4.69) is 5.10 Å². The number of halogens is 1. The van der Waals surface area contributed by atoms with Gasteiger partial charge in [0, 0.05) is 37.9 Å². The van der Waals surface area contributed by atoms with Crippen molar-refractivity contribution in [2.45, 2.75) is 38.1 Å². The molecule has 0 spiro atoms. The van der Waals surface area contributed by atoms with E-state index < -0.39 is 10.0 Å². The molecule has 33 heavy (non-hydrogen) atoms. The highest BCUT2D eigenvalue weighted by Crippen LogP contribution is 2.27. The number of carbonyl (C=O) groups is 1. The minimum atomic E-state index is -3.65. The molecular formula is C24H27ClN4O3S. The second kappa shape index (κ2) is 9.29. The lowest BCUT2D eigenvalue weighted by Crippen LogP contribution is -2.29. The minimum Gasteiger partial charge on any atom is -0.337 e. The van der Waals surface area contributed by atoms with Gasteiger partial charge in [-0.1, -0.05) is 29.8 Å². The first-order chi connectivity index (χ1) is 15.7. The van der Waals surface area contributed by atoms with E-state index in [0.717, 1.165) is 35.5 Å². The van der Waals surface area contributed by atoms with Gasteiger partial charge in [0.05, 0.1) is 26.9 Å². The maximum Gasteiger partial charge on any atom is 0.255 e. The molecule has 1 saturated heterocycles. The molecule has 0 saturated carbocycles. The van der Waals surface area contributed by atoms with Gasteiger partial charge in [0.2, 0.25) is 10.0 Å². The van der Waals surface area contributed by atoms with Gasteiger partial charge in [-0.2, -0.15) is 9.40 Å². The van der Waals surface area contributed by atoms with Crippen LogP contribution >= 0.6 is 11.6 Å². The summed E-state index contributed by atoms with van der Waals surface area (Å²) in [4.78, 5) is 14.9. The van der Waals surface area contributed by atoms with E-state index >= 15 is 0 Å². The van der Waals surface area contributed by atoms with Gasteiger partial charge in [-0.15, -0.1) is 0 Å². The highest BCUT2D eigenvalue weighted by Gasteiger charge is 2.29. The fraction of sp³-hybridized carbons (Fsp3) is 0.333. The van der Waals surface area contributed by atoms with E-state index in [-0.39, 0.29) is 21.4 Å². The van der Waals surface area contributed by atoms with Crippen LogP contribution in [0.2, 0.25) is 5.02 Å². The molecule has 1 amide bonds. The van der Waals surface area contributed by atoms with Gasteiger partial charge in [0.1, 0.15) is 0 Å². The van der Waals surface area contributed by atoms with E-state index in [0.29, 0.717) is 19.6 Å². The number of sulfonamides is 1. The molecule has 1 aliphatic heterocycles. The highest BCUT2D eigenvalue weighted by atomic mass is 35.5. The summed E-state index contributed by atoms with van der Waals surface area (Å²) in [5.41, 5.74) is 3.82. The molecule has 4 rings (SSSR count). The number of aromatic nitrogens is 2. The molecule has 3 aromatic rings. The number of nitrogens with zero attached hydrogens (tertiary/aromatic N) is 4. The van der Waals surface area contributed by atoms with Crippen molar-refractivity contribution in [3.63, 3.8) is 0 Å². The van der Waals surface area contributed by atoms with Crippen molar-refractivity contribution in [2.75, 3.05) is 20.1 Å². The summed E-state index contributed by atoms with van der Waals surface area (Å²) in [6, 6.07) is 14.1. The SMILES string of the molecule is Cc1nn(-c2ccccc2)c(C)c1CN(C)C(=O)c1cc(S(=O)(=O)N2CCCC2)ccc1Cl. The Bertz CT molecular complexity index is 1280. The van der Waals surface area contributed by atoms with E-state index in [1.54, 1.807) is 11.9 Å². The fourth-order valence-electron chi connectivity index (χ4n) is 4.15. The van der Waals surface area contributed by atoms with Crippen molar-refractivity contribution in [1.82, 2.24) is 19.0 Å². The summed E-state index contributed by atoms with van der Waals surface area (Å²) in [6.45, 7) is 5.20. The lowest BCUT2D eigenvalue weighted by molar-refractivity contribution is 0.0784. The average molecular weight is 487 g/mol. The van der Waals surface area contributed by atoms with Crippen molar-refractivity contribution in [3.8, 4) is 5.69 Å². The van der Waals surface area contributed by atoms with Crippen molar-refractivity contribution in [1.29, 1.82) is 0 Å². The van der Waals surface area contributed by atoms with Gasteiger partial charge in [-0.25, -0.2) is 13.1 Å². The van der Waals surface area contributed by atoms with E-state index in [9.17, 15) is 13.2 Å². The second-order valence-electron chi connectivity index (χ2n) is 8.31. The summed E-state index contributed by atoms with van der Waals surface area (Å²) >= 11 is 6.32. The molecule has 1 fully saturated rings. The topological polar surface area (TPSA) is 75.5 Å². The van der Waals surface area contributed by atoms with Gasteiger partial charge >= 0.3 is 0 Å². The summed E-state index contributed by atoms with van der Waals surface area (Å²) in [6.07, 6.45) is 1.69. The quantitative estimate of drug-likeness (QED) is 0.523. The van der Waals surface area contributed by atoms with Gasteiger partial charge < -0.3 is 4.90 Å². The third kappa shape index (κ3) is 4.55. The first-order valence-electron chi connectivity index (χ1n) is 10.9. The van der Waals surface area contributed by atoms with Gasteiger partial charge in [-0.3, -0.25) is 4.79 Å². The molecule has 2 heterocycles. The zero-order valence-electron chi connectivity index (χ0n) is 19.0. The number of amides is 1. The molecule has 7 nitrogen and oxygen atoms in total. The van der Waals surface area contributed by atoms with E-state index in [1.165, 1.54) is 22.5 Å². The number of benzene rings is 2. The maximum atomic E-state index is 13.3. The summed E-state index contributed by atoms with van der Waals surface area (Å²) in [5, 5.41) is 4.86. The molecule has 174 valence electrons. The largest absolute Gasteiger partial charge is 0.337 e. The predicted molar refractivity (Wildman–Crippen MR) is 128 cm³/mol. The van der Waals surface area contributed by atoms with E-state index in [1.807, 2.05) is 48.9 Å². The molecule has 9 heteroatoms. The number of rotatable bonds is 6.